The van der Waals surface area contributed by atoms with Gasteiger partial charge in [-0.3, -0.25) is 9.59 Å². The van der Waals surface area contributed by atoms with E-state index in [-0.39, 0.29) is 17.9 Å². The molecule has 2 aliphatic rings. The maximum absolute atomic E-state index is 12.9. The van der Waals surface area contributed by atoms with E-state index in [9.17, 15) is 9.59 Å². The lowest BCUT2D eigenvalue weighted by molar-refractivity contribution is 0.0845. The Bertz CT molecular complexity index is 884. The fourth-order valence-electron chi connectivity index (χ4n) is 3.90. The first-order valence-corrected chi connectivity index (χ1v) is 9.99. The Morgan fingerprint density at radius 2 is 2.14 bits per heavy atom. The van der Waals surface area contributed by atoms with Crippen LogP contribution in [0.1, 0.15) is 58.0 Å². The number of rotatable bonds is 5. The molecule has 1 unspecified atom stereocenters. The average Bonchev–Trinajstić information content (AvgIpc) is 3.34. The van der Waals surface area contributed by atoms with E-state index in [1.165, 1.54) is 0 Å². The molecular weight excluding hydrogens is 356 g/mol. The minimum absolute atomic E-state index is 0.0730. The number of hydrogen-bond donors (Lipinski definition) is 2. The molecule has 1 aromatic heterocycles. The molecule has 4 rings (SSSR count). The second kappa shape index (κ2) is 8.14. The minimum atomic E-state index is -0.269. The van der Waals surface area contributed by atoms with Crippen LogP contribution in [-0.4, -0.2) is 40.6 Å². The zero-order chi connectivity index (χ0) is 19.5. The van der Waals surface area contributed by atoms with Gasteiger partial charge in [-0.25, -0.2) is 4.98 Å². The maximum atomic E-state index is 12.9. The molecule has 2 aliphatic heterocycles. The summed E-state index contributed by atoms with van der Waals surface area (Å²) in [7, 11) is 0. The largest absolute Gasteiger partial charge is 0.376 e. The zero-order valence-corrected chi connectivity index (χ0v) is 16.2. The minimum Gasteiger partial charge on any atom is -0.376 e. The van der Waals surface area contributed by atoms with E-state index in [2.05, 4.69) is 15.6 Å². The van der Waals surface area contributed by atoms with Crippen LogP contribution in [0.5, 0.6) is 0 Å². The van der Waals surface area contributed by atoms with E-state index in [1.807, 2.05) is 35.8 Å². The van der Waals surface area contributed by atoms with Gasteiger partial charge in [-0.05, 0) is 56.7 Å². The van der Waals surface area contributed by atoms with Crippen molar-refractivity contribution in [3.05, 3.63) is 47.0 Å². The summed E-state index contributed by atoms with van der Waals surface area (Å²) in [6.45, 7) is 3.92. The van der Waals surface area contributed by atoms with Crippen molar-refractivity contribution < 1.29 is 14.3 Å². The lowest BCUT2D eigenvalue weighted by Gasteiger charge is -2.17. The van der Waals surface area contributed by atoms with Crippen molar-refractivity contribution in [3.8, 4) is 0 Å². The smallest absolute Gasteiger partial charge is 0.287 e. The number of hydrogen-bond acceptors (Lipinski definition) is 4. The van der Waals surface area contributed by atoms with E-state index in [0.717, 1.165) is 55.7 Å². The van der Waals surface area contributed by atoms with E-state index < -0.39 is 0 Å². The second-order valence-electron chi connectivity index (χ2n) is 7.51. The first kappa shape index (κ1) is 18.7. The maximum Gasteiger partial charge on any atom is 0.287 e. The summed E-state index contributed by atoms with van der Waals surface area (Å²) in [6.07, 6.45) is 4.79. The summed E-state index contributed by atoms with van der Waals surface area (Å²) >= 11 is 0. The van der Waals surface area contributed by atoms with Crippen LogP contribution >= 0.6 is 0 Å². The average molecular weight is 382 g/mol. The van der Waals surface area contributed by atoms with Crippen LogP contribution in [0, 0.1) is 6.92 Å². The lowest BCUT2D eigenvalue weighted by Crippen LogP contribution is -2.34. The number of amides is 2. The molecule has 1 atom stereocenters. The third kappa shape index (κ3) is 3.94. The molecule has 148 valence electrons. The van der Waals surface area contributed by atoms with Crippen molar-refractivity contribution >= 4 is 17.5 Å². The van der Waals surface area contributed by atoms with Gasteiger partial charge in [0.15, 0.2) is 11.5 Å². The van der Waals surface area contributed by atoms with Crippen molar-refractivity contribution in [1.29, 1.82) is 0 Å². The predicted octanol–water partition coefficient (Wildman–Crippen LogP) is 2.69. The van der Waals surface area contributed by atoms with Crippen molar-refractivity contribution in [1.82, 2.24) is 14.9 Å². The number of benzene rings is 1. The van der Waals surface area contributed by atoms with Crippen LogP contribution < -0.4 is 10.6 Å². The molecule has 7 heteroatoms. The quantitative estimate of drug-likeness (QED) is 0.833. The Morgan fingerprint density at radius 3 is 2.93 bits per heavy atom. The number of nitrogens with zero attached hydrogens (tertiary/aromatic N) is 2. The van der Waals surface area contributed by atoms with E-state index >= 15 is 0 Å². The van der Waals surface area contributed by atoms with Crippen LogP contribution in [-0.2, 0) is 17.7 Å². The van der Waals surface area contributed by atoms with Crippen LogP contribution in [0.25, 0.3) is 0 Å². The molecule has 0 radical (unpaired) electrons. The van der Waals surface area contributed by atoms with Gasteiger partial charge in [0.05, 0.1) is 11.8 Å². The SMILES string of the molecule is Cc1cccc(NC(=O)c2nc(C(=O)NCC3CCCO3)n3c2CCCC3)c1. The summed E-state index contributed by atoms with van der Waals surface area (Å²) in [6, 6.07) is 7.64. The van der Waals surface area contributed by atoms with E-state index in [1.54, 1.807) is 0 Å². The number of ether oxygens (including phenoxy) is 1. The van der Waals surface area contributed by atoms with Crippen LogP contribution in [0.4, 0.5) is 5.69 Å². The molecule has 3 heterocycles. The Labute approximate surface area is 164 Å². The molecular formula is C21H26N4O3. The Balaban J connectivity index is 1.54. The Morgan fingerprint density at radius 1 is 1.25 bits per heavy atom. The lowest BCUT2D eigenvalue weighted by atomic mass is 10.1. The van der Waals surface area contributed by atoms with Gasteiger partial charge < -0.3 is 19.9 Å². The third-order valence-electron chi connectivity index (χ3n) is 5.33. The number of anilines is 1. The van der Waals surface area contributed by atoms with Gasteiger partial charge in [0.25, 0.3) is 11.8 Å². The van der Waals surface area contributed by atoms with E-state index in [0.29, 0.717) is 24.6 Å². The standard InChI is InChI=1S/C21H26N4O3/c1-14-6-4-7-15(12-14)23-20(26)18-17-9-2-3-10-25(17)19(24-18)21(27)22-13-16-8-5-11-28-16/h4,6-7,12,16H,2-3,5,8-11,13H2,1H3,(H,22,27)(H,23,26). The van der Waals surface area contributed by atoms with E-state index in [4.69, 9.17) is 4.74 Å². The van der Waals surface area contributed by atoms with Gasteiger partial charge in [-0.2, -0.15) is 0 Å². The molecule has 1 saturated heterocycles. The molecule has 2 aromatic rings. The Kier molecular flexibility index (Phi) is 5.43. The third-order valence-corrected chi connectivity index (χ3v) is 5.33. The highest BCUT2D eigenvalue weighted by Crippen LogP contribution is 2.22. The van der Waals surface area contributed by atoms with Gasteiger partial charge in [-0.1, -0.05) is 12.1 Å². The highest BCUT2D eigenvalue weighted by molar-refractivity contribution is 6.05. The normalized spacial score (nSPS) is 18.5. The fraction of sp³-hybridized carbons (Fsp3) is 0.476. The summed E-state index contributed by atoms with van der Waals surface area (Å²) in [4.78, 5) is 30.0. The number of carbonyl (C=O) groups is 2. The van der Waals surface area contributed by atoms with Crippen LogP contribution in [0.3, 0.4) is 0 Å². The van der Waals surface area contributed by atoms with Gasteiger partial charge in [0, 0.05) is 25.4 Å². The monoisotopic (exact) mass is 382 g/mol. The highest BCUT2D eigenvalue weighted by Gasteiger charge is 2.28. The summed E-state index contributed by atoms with van der Waals surface area (Å²) in [5.41, 5.74) is 2.99. The van der Waals surface area contributed by atoms with Gasteiger partial charge in [-0.15, -0.1) is 0 Å². The second-order valence-corrected chi connectivity index (χ2v) is 7.51. The number of fused-ring (bicyclic) bond motifs is 1. The van der Waals surface area contributed by atoms with Crippen LogP contribution in [0.2, 0.25) is 0 Å². The summed E-state index contributed by atoms with van der Waals surface area (Å²) in [5.74, 6) is -0.190. The highest BCUT2D eigenvalue weighted by atomic mass is 16.5. The molecule has 7 nitrogen and oxygen atoms in total. The number of aromatic nitrogens is 2. The molecule has 0 spiro atoms. The van der Waals surface area contributed by atoms with Crippen LogP contribution in [0.15, 0.2) is 24.3 Å². The van der Waals surface area contributed by atoms with Crippen molar-refractivity contribution in [3.63, 3.8) is 0 Å². The molecule has 2 amide bonds. The molecule has 0 bridgehead atoms. The van der Waals surface area contributed by atoms with Crippen molar-refractivity contribution in [2.75, 3.05) is 18.5 Å². The Hall–Kier alpha value is -2.67. The molecule has 1 fully saturated rings. The summed E-state index contributed by atoms with van der Waals surface area (Å²) in [5, 5.41) is 5.83. The molecule has 28 heavy (non-hydrogen) atoms. The molecule has 1 aromatic carbocycles. The number of nitrogens with one attached hydrogen (secondary N) is 2. The number of imidazole rings is 1. The van der Waals surface area contributed by atoms with Gasteiger partial charge in [0.1, 0.15) is 0 Å². The zero-order valence-electron chi connectivity index (χ0n) is 16.2. The first-order chi connectivity index (χ1) is 13.6. The van der Waals surface area contributed by atoms with Crippen molar-refractivity contribution in [2.24, 2.45) is 0 Å². The number of aryl methyl sites for hydroxylation is 1. The topological polar surface area (TPSA) is 85.2 Å². The van der Waals surface area contributed by atoms with Gasteiger partial charge in [0.2, 0.25) is 0 Å². The molecule has 0 saturated carbocycles. The number of carbonyl (C=O) groups excluding carboxylic acids is 2. The first-order valence-electron chi connectivity index (χ1n) is 9.99. The molecule has 0 aliphatic carbocycles. The van der Waals surface area contributed by atoms with Gasteiger partial charge >= 0.3 is 0 Å². The predicted molar refractivity (Wildman–Crippen MR) is 106 cm³/mol. The molecule has 2 N–H and O–H groups in total. The fourth-order valence-corrected chi connectivity index (χ4v) is 3.90. The summed E-state index contributed by atoms with van der Waals surface area (Å²) < 4.78 is 7.47. The van der Waals surface area contributed by atoms with Crippen molar-refractivity contribution in [2.45, 2.75) is 51.7 Å².